The highest BCUT2D eigenvalue weighted by molar-refractivity contribution is 14.0. The number of fused-ring (bicyclic) bond motifs is 1. The maximum atomic E-state index is 5.73. The maximum Gasteiger partial charge on any atom is 0.189 e. The zero-order valence-electron chi connectivity index (χ0n) is 10.8. The Bertz CT molecular complexity index is 554. The van der Waals surface area contributed by atoms with Crippen molar-refractivity contribution in [1.29, 1.82) is 0 Å². The van der Waals surface area contributed by atoms with Gasteiger partial charge in [-0.05, 0) is 19.1 Å². The van der Waals surface area contributed by atoms with Crippen molar-refractivity contribution in [2.45, 2.75) is 13.5 Å². The molecule has 2 heterocycles. The third kappa shape index (κ3) is 4.55. The smallest absolute Gasteiger partial charge is 0.189 e. The molecule has 0 fully saturated rings. The molecule has 0 aliphatic heterocycles. The van der Waals surface area contributed by atoms with E-state index in [9.17, 15) is 0 Å². The van der Waals surface area contributed by atoms with Gasteiger partial charge in [0.05, 0.1) is 12.2 Å². The Hall–Kier alpha value is -1.57. The largest absolute Gasteiger partial charge is 0.370 e. The van der Waals surface area contributed by atoms with E-state index >= 15 is 0 Å². The summed E-state index contributed by atoms with van der Waals surface area (Å²) in [4.78, 5) is 8.66. The average molecular weight is 371 g/mol. The fraction of sp³-hybridized carbons (Fsp3) is 0.231. The first kappa shape index (κ1) is 15.5. The molecule has 2 aromatic heterocycles. The summed E-state index contributed by atoms with van der Waals surface area (Å²) in [7, 11) is 0. The molecule has 5 nitrogen and oxygen atoms in total. The van der Waals surface area contributed by atoms with Crippen LogP contribution in [0.1, 0.15) is 12.6 Å². The highest BCUT2D eigenvalue weighted by Crippen LogP contribution is 2.05. The lowest BCUT2D eigenvalue weighted by Crippen LogP contribution is -2.32. The van der Waals surface area contributed by atoms with Crippen molar-refractivity contribution in [2.24, 2.45) is 10.7 Å². The van der Waals surface area contributed by atoms with Crippen LogP contribution in [0, 0.1) is 0 Å². The van der Waals surface area contributed by atoms with Gasteiger partial charge in [0.25, 0.3) is 0 Å². The molecule has 6 heteroatoms. The standard InChI is InChI=1S/C13H17N5.HI/c1-10(2)7-15-13(14)16-8-11-9-18-6-4-3-5-12(18)17-11;/h3-6,9H,1,7-8H2,2H3,(H3,14,15,16);1H. The molecule has 0 spiro atoms. The number of halogens is 1. The molecule has 0 saturated heterocycles. The normalized spacial score (nSPS) is 11.1. The number of nitrogens with two attached hydrogens (primary N) is 1. The first-order chi connectivity index (χ1) is 8.65. The summed E-state index contributed by atoms with van der Waals surface area (Å²) in [6.45, 7) is 6.83. The van der Waals surface area contributed by atoms with Gasteiger partial charge in [0, 0.05) is 18.9 Å². The van der Waals surface area contributed by atoms with E-state index in [-0.39, 0.29) is 24.0 Å². The summed E-state index contributed by atoms with van der Waals surface area (Å²) in [5, 5.41) is 2.98. The quantitative estimate of drug-likeness (QED) is 0.374. The van der Waals surface area contributed by atoms with Gasteiger partial charge in [0.2, 0.25) is 0 Å². The predicted molar refractivity (Wildman–Crippen MR) is 88.8 cm³/mol. The van der Waals surface area contributed by atoms with Gasteiger partial charge in [-0.1, -0.05) is 18.2 Å². The number of rotatable bonds is 4. The monoisotopic (exact) mass is 371 g/mol. The van der Waals surface area contributed by atoms with Crippen LogP contribution in [0.25, 0.3) is 5.65 Å². The van der Waals surface area contributed by atoms with E-state index in [0.717, 1.165) is 16.9 Å². The maximum absolute atomic E-state index is 5.73. The molecule has 102 valence electrons. The molecule has 2 rings (SSSR count). The van der Waals surface area contributed by atoms with Crippen molar-refractivity contribution < 1.29 is 0 Å². The molecule has 0 aromatic carbocycles. The van der Waals surface area contributed by atoms with Crippen LogP contribution in [0.2, 0.25) is 0 Å². The molecular weight excluding hydrogens is 353 g/mol. The molecule has 3 N–H and O–H groups in total. The number of pyridine rings is 1. The van der Waals surface area contributed by atoms with Crippen LogP contribution in [0.4, 0.5) is 0 Å². The van der Waals surface area contributed by atoms with E-state index in [1.807, 2.05) is 41.9 Å². The lowest BCUT2D eigenvalue weighted by molar-refractivity contribution is 0.928. The number of nitrogens with zero attached hydrogens (tertiary/aromatic N) is 3. The first-order valence-corrected chi connectivity index (χ1v) is 5.76. The van der Waals surface area contributed by atoms with E-state index in [0.29, 0.717) is 19.0 Å². The second-order valence-corrected chi connectivity index (χ2v) is 4.21. The van der Waals surface area contributed by atoms with Crippen molar-refractivity contribution in [2.75, 3.05) is 6.54 Å². The van der Waals surface area contributed by atoms with Crippen LogP contribution in [0.15, 0.2) is 47.7 Å². The molecule has 0 unspecified atom stereocenters. The number of hydrogen-bond acceptors (Lipinski definition) is 2. The summed E-state index contributed by atoms with van der Waals surface area (Å²) in [5.41, 5.74) is 8.55. The molecule has 0 aliphatic rings. The van der Waals surface area contributed by atoms with Gasteiger partial charge in [-0.15, -0.1) is 24.0 Å². The van der Waals surface area contributed by atoms with Crippen molar-refractivity contribution in [1.82, 2.24) is 14.7 Å². The Labute approximate surface area is 129 Å². The molecular formula is C13H18IN5. The number of aliphatic imine (C=N–C) groups is 1. The highest BCUT2D eigenvalue weighted by atomic mass is 127. The minimum atomic E-state index is 0. The van der Waals surface area contributed by atoms with Gasteiger partial charge in [0.1, 0.15) is 5.65 Å². The zero-order valence-corrected chi connectivity index (χ0v) is 13.2. The fourth-order valence-corrected chi connectivity index (χ4v) is 1.53. The molecule has 2 aromatic rings. The Morgan fingerprint density at radius 2 is 2.32 bits per heavy atom. The minimum absolute atomic E-state index is 0. The lowest BCUT2D eigenvalue weighted by Gasteiger charge is -2.03. The van der Waals surface area contributed by atoms with E-state index in [4.69, 9.17) is 5.73 Å². The van der Waals surface area contributed by atoms with Crippen molar-refractivity contribution in [3.8, 4) is 0 Å². The van der Waals surface area contributed by atoms with E-state index in [1.165, 1.54) is 0 Å². The van der Waals surface area contributed by atoms with Crippen LogP contribution in [-0.2, 0) is 6.54 Å². The van der Waals surface area contributed by atoms with Gasteiger partial charge in [-0.2, -0.15) is 0 Å². The number of hydrogen-bond donors (Lipinski definition) is 2. The van der Waals surface area contributed by atoms with E-state index in [2.05, 4.69) is 21.9 Å². The molecule has 0 amide bonds. The van der Waals surface area contributed by atoms with Crippen molar-refractivity contribution in [3.63, 3.8) is 0 Å². The summed E-state index contributed by atoms with van der Waals surface area (Å²) in [6, 6.07) is 5.87. The molecule has 0 aliphatic carbocycles. The molecule has 0 bridgehead atoms. The van der Waals surface area contributed by atoms with E-state index in [1.54, 1.807) is 0 Å². The Morgan fingerprint density at radius 3 is 3.00 bits per heavy atom. The average Bonchev–Trinajstić information content (AvgIpc) is 2.76. The second kappa shape index (κ2) is 7.13. The zero-order chi connectivity index (χ0) is 13.0. The van der Waals surface area contributed by atoms with Crippen LogP contribution < -0.4 is 11.1 Å². The number of aromatic nitrogens is 2. The van der Waals surface area contributed by atoms with Crippen molar-refractivity contribution in [3.05, 3.63) is 48.4 Å². The number of nitrogens with one attached hydrogen (secondary N) is 1. The highest BCUT2D eigenvalue weighted by Gasteiger charge is 1.99. The molecule has 0 saturated carbocycles. The Balaban J connectivity index is 0.00000180. The first-order valence-electron chi connectivity index (χ1n) is 5.76. The summed E-state index contributed by atoms with van der Waals surface area (Å²) < 4.78 is 1.96. The molecule has 0 radical (unpaired) electrons. The second-order valence-electron chi connectivity index (χ2n) is 4.21. The van der Waals surface area contributed by atoms with E-state index < -0.39 is 0 Å². The molecule has 0 atom stereocenters. The van der Waals surface area contributed by atoms with Gasteiger partial charge in [0.15, 0.2) is 5.96 Å². The summed E-state index contributed by atoms with van der Waals surface area (Å²) >= 11 is 0. The number of guanidine groups is 1. The fourth-order valence-electron chi connectivity index (χ4n) is 1.53. The summed E-state index contributed by atoms with van der Waals surface area (Å²) in [5.74, 6) is 0.412. The SMILES string of the molecule is C=C(C)CNC(N)=NCc1cn2ccccc2n1.I. The topological polar surface area (TPSA) is 67.7 Å². The Morgan fingerprint density at radius 1 is 1.53 bits per heavy atom. The number of imidazole rings is 1. The lowest BCUT2D eigenvalue weighted by atomic mass is 10.3. The van der Waals surface area contributed by atoms with Crippen LogP contribution >= 0.6 is 24.0 Å². The van der Waals surface area contributed by atoms with Gasteiger partial charge in [-0.3, -0.25) is 0 Å². The third-order valence-corrected chi connectivity index (χ3v) is 2.40. The Kier molecular flexibility index (Phi) is 5.81. The summed E-state index contributed by atoms with van der Waals surface area (Å²) in [6.07, 6.45) is 3.91. The van der Waals surface area contributed by atoms with Crippen LogP contribution in [0.5, 0.6) is 0 Å². The predicted octanol–water partition coefficient (Wildman–Crippen LogP) is 1.93. The van der Waals surface area contributed by atoms with Crippen LogP contribution in [0.3, 0.4) is 0 Å². The third-order valence-electron chi connectivity index (χ3n) is 2.40. The van der Waals surface area contributed by atoms with Gasteiger partial charge >= 0.3 is 0 Å². The van der Waals surface area contributed by atoms with Gasteiger partial charge < -0.3 is 15.5 Å². The minimum Gasteiger partial charge on any atom is -0.370 e. The van der Waals surface area contributed by atoms with Gasteiger partial charge in [-0.25, -0.2) is 9.98 Å². The van der Waals surface area contributed by atoms with Crippen LogP contribution in [-0.4, -0.2) is 21.9 Å². The molecule has 19 heavy (non-hydrogen) atoms. The van der Waals surface area contributed by atoms with Crippen molar-refractivity contribution >= 4 is 35.6 Å².